The van der Waals surface area contributed by atoms with Crippen LogP contribution in [0.3, 0.4) is 0 Å². The molecule has 2 unspecified atom stereocenters. The van der Waals surface area contributed by atoms with E-state index in [-0.39, 0.29) is 0 Å². The molecule has 1 rings (SSSR count). The van der Waals surface area contributed by atoms with E-state index in [4.69, 9.17) is 10.2 Å². The first-order valence-electron chi connectivity index (χ1n) is 4.59. The van der Waals surface area contributed by atoms with Crippen LogP contribution in [0.15, 0.2) is 18.2 Å². The molecule has 0 amide bonds. The summed E-state index contributed by atoms with van der Waals surface area (Å²) in [6, 6.07) is 5.06. The number of rotatable bonds is 3. The highest BCUT2D eigenvalue weighted by molar-refractivity contribution is 5.73. The largest absolute Gasteiger partial charge is 0.479 e. The molecule has 4 nitrogen and oxygen atoms in total. The van der Waals surface area contributed by atoms with Gasteiger partial charge in [-0.2, -0.15) is 0 Å². The standard InChI is InChI=1S/C11H14O4/c1-6-3-4-8(5-7(6)2)9(12)10(13)11(14)15/h3-5,9-10,12-13H,1-2H3,(H,14,15). The van der Waals surface area contributed by atoms with Crippen LogP contribution in [0.5, 0.6) is 0 Å². The second kappa shape index (κ2) is 4.42. The molecule has 0 aliphatic carbocycles. The zero-order valence-electron chi connectivity index (χ0n) is 8.64. The van der Waals surface area contributed by atoms with Gasteiger partial charge in [-0.1, -0.05) is 18.2 Å². The van der Waals surface area contributed by atoms with Crippen molar-refractivity contribution in [2.24, 2.45) is 0 Å². The second-order valence-corrected chi connectivity index (χ2v) is 3.57. The Balaban J connectivity index is 2.96. The van der Waals surface area contributed by atoms with Crippen LogP contribution in [-0.4, -0.2) is 27.4 Å². The fourth-order valence-corrected chi connectivity index (χ4v) is 1.27. The first kappa shape index (κ1) is 11.7. The summed E-state index contributed by atoms with van der Waals surface area (Å²) in [6.45, 7) is 3.78. The molecular weight excluding hydrogens is 196 g/mol. The molecule has 0 spiro atoms. The molecule has 2 atom stereocenters. The minimum Gasteiger partial charge on any atom is -0.479 e. The summed E-state index contributed by atoms with van der Waals surface area (Å²) in [5.74, 6) is -1.43. The van der Waals surface area contributed by atoms with Gasteiger partial charge < -0.3 is 15.3 Å². The number of aliphatic carboxylic acids is 1. The van der Waals surface area contributed by atoms with Gasteiger partial charge in [-0.15, -0.1) is 0 Å². The van der Waals surface area contributed by atoms with Crippen LogP contribution >= 0.6 is 0 Å². The molecular formula is C11H14O4. The summed E-state index contributed by atoms with van der Waals surface area (Å²) in [7, 11) is 0. The molecule has 0 saturated carbocycles. The third kappa shape index (κ3) is 2.55. The van der Waals surface area contributed by atoms with Gasteiger partial charge in [-0.3, -0.25) is 0 Å². The quantitative estimate of drug-likeness (QED) is 0.689. The molecule has 15 heavy (non-hydrogen) atoms. The Morgan fingerprint density at radius 3 is 2.27 bits per heavy atom. The molecule has 1 aromatic rings. The van der Waals surface area contributed by atoms with Crippen LogP contribution < -0.4 is 0 Å². The summed E-state index contributed by atoms with van der Waals surface area (Å²) in [6.07, 6.45) is -3.17. The van der Waals surface area contributed by atoms with Crippen molar-refractivity contribution in [2.75, 3.05) is 0 Å². The van der Waals surface area contributed by atoms with Gasteiger partial charge in [0.25, 0.3) is 0 Å². The number of aliphatic hydroxyl groups is 2. The number of carbonyl (C=O) groups is 1. The Morgan fingerprint density at radius 1 is 1.20 bits per heavy atom. The van der Waals surface area contributed by atoms with Crippen LogP contribution in [0.25, 0.3) is 0 Å². The van der Waals surface area contributed by atoms with Gasteiger partial charge in [-0.25, -0.2) is 4.79 Å². The lowest BCUT2D eigenvalue weighted by atomic mass is 10.00. The topological polar surface area (TPSA) is 77.8 Å². The Morgan fingerprint density at radius 2 is 1.80 bits per heavy atom. The van der Waals surface area contributed by atoms with Crippen molar-refractivity contribution in [1.29, 1.82) is 0 Å². The van der Waals surface area contributed by atoms with E-state index in [2.05, 4.69) is 0 Å². The number of hydrogen-bond donors (Lipinski definition) is 3. The van der Waals surface area contributed by atoms with Gasteiger partial charge in [-0.05, 0) is 30.5 Å². The van der Waals surface area contributed by atoms with Crippen molar-refractivity contribution in [2.45, 2.75) is 26.1 Å². The molecule has 0 aliphatic heterocycles. The van der Waals surface area contributed by atoms with Gasteiger partial charge in [0.2, 0.25) is 0 Å². The van der Waals surface area contributed by atoms with Gasteiger partial charge in [0, 0.05) is 0 Å². The SMILES string of the molecule is Cc1ccc(C(O)C(O)C(=O)O)cc1C. The van der Waals surface area contributed by atoms with E-state index in [1.807, 2.05) is 13.8 Å². The van der Waals surface area contributed by atoms with Crippen LogP contribution in [0.4, 0.5) is 0 Å². The maximum atomic E-state index is 10.5. The highest BCUT2D eigenvalue weighted by atomic mass is 16.4. The molecule has 1 aromatic carbocycles. The van der Waals surface area contributed by atoms with Crippen LogP contribution in [-0.2, 0) is 4.79 Å². The van der Waals surface area contributed by atoms with E-state index in [0.717, 1.165) is 11.1 Å². The molecule has 0 fully saturated rings. The molecule has 82 valence electrons. The molecule has 0 radical (unpaired) electrons. The summed E-state index contributed by atoms with van der Waals surface area (Å²) in [4.78, 5) is 10.5. The Bertz CT molecular complexity index is 373. The van der Waals surface area contributed by atoms with Crippen molar-refractivity contribution < 1.29 is 20.1 Å². The minimum absolute atomic E-state index is 0.410. The predicted octanol–water partition coefficient (Wildman–Crippen LogP) is 0.782. The maximum absolute atomic E-state index is 10.5. The van der Waals surface area contributed by atoms with Gasteiger partial charge >= 0.3 is 5.97 Å². The summed E-state index contributed by atoms with van der Waals surface area (Å²) in [5.41, 5.74) is 2.41. The van der Waals surface area contributed by atoms with E-state index in [0.29, 0.717) is 5.56 Å². The Kier molecular flexibility index (Phi) is 3.44. The average molecular weight is 210 g/mol. The van der Waals surface area contributed by atoms with Crippen LogP contribution in [0.1, 0.15) is 22.8 Å². The number of carboxylic acid groups (broad SMARTS) is 1. The van der Waals surface area contributed by atoms with Crippen LogP contribution in [0, 0.1) is 13.8 Å². The highest BCUT2D eigenvalue weighted by Crippen LogP contribution is 2.20. The predicted molar refractivity (Wildman–Crippen MR) is 54.5 cm³/mol. The summed E-state index contributed by atoms with van der Waals surface area (Å²) >= 11 is 0. The van der Waals surface area contributed by atoms with Crippen LogP contribution in [0.2, 0.25) is 0 Å². The maximum Gasteiger partial charge on any atom is 0.335 e. The molecule has 0 heterocycles. The molecule has 3 N–H and O–H groups in total. The first-order chi connectivity index (χ1) is 6.93. The van der Waals surface area contributed by atoms with Gasteiger partial charge in [0.05, 0.1) is 0 Å². The molecule has 0 saturated heterocycles. The van der Waals surface area contributed by atoms with E-state index in [1.165, 1.54) is 0 Å². The molecule has 0 aromatic heterocycles. The second-order valence-electron chi connectivity index (χ2n) is 3.57. The van der Waals surface area contributed by atoms with Gasteiger partial charge in [0.1, 0.15) is 6.10 Å². The monoisotopic (exact) mass is 210 g/mol. The van der Waals surface area contributed by atoms with E-state index in [1.54, 1.807) is 18.2 Å². The number of hydrogen-bond acceptors (Lipinski definition) is 3. The number of carboxylic acids is 1. The summed E-state index contributed by atoms with van der Waals surface area (Å²) < 4.78 is 0. The van der Waals surface area contributed by atoms with Crippen molar-refractivity contribution >= 4 is 5.97 Å². The van der Waals surface area contributed by atoms with Crippen molar-refractivity contribution in [3.05, 3.63) is 34.9 Å². The molecule has 0 aliphatic rings. The highest BCUT2D eigenvalue weighted by Gasteiger charge is 2.25. The van der Waals surface area contributed by atoms with Crippen molar-refractivity contribution in [3.8, 4) is 0 Å². The third-order valence-corrected chi connectivity index (χ3v) is 2.42. The van der Waals surface area contributed by atoms with E-state index < -0.39 is 18.2 Å². The zero-order valence-corrected chi connectivity index (χ0v) is 8.64. The lowest BCUT2D eigenvalue weighted by Crippen LogP contribution is -2.27. The van der Waals surface area contributed by atoms with Crippen molar-refractivity contribution in [1.82, 2.24) is 0 Å². The Hall–Kier alpha value is -1.39. The number of benzene rings is 1. The lowest BCUT2D eigenvalue weighted by Gasteiger charge is -2.15. The fraction of sp³-hybridized carbons (Fsp3) is 0.364. The fourth-order valence-electron chi connectivity index (χ4n) is 1.27. The van der Waals surface area contributed by atoms with Gasteiger partial charge in [0.15, 0.2) is 6.10 Å². The van der Waals surface area contributed by atoms with E-state index >= 15 is 0 Å². The lowest BCUT2D eigenvalue weighted by molar-refractivity contribution is -0.153. The third-order valence-electron chi connectivity index (χ3n) is 2.42. The first-order valence-corrected chi connectivity index (χ1v) is 4.59. The summed E-state index contributed by atoms with van der Waals surface area (Å²) in [5, 5.41) is 27.2. The normalized spacial score (nSPS) is 14.7. The average Bonchev–Trinajstić information content (AvgIpc) is 2.19. The Labute approximate surface area is 87.8 Å². The van der Waals surface area contributed by atoms with Crippen molar-refractivity contribution in [3.63, 3.8) is 0 Å². The zero-order chi connectivity index (χ0) is 11.6. The molecule has 0 bridgehead atoms. The number of aryl methyl sites for hydroxylation is 2. The smallest absolute Gasteiger partial charge is 0.335 e. The minimum atomic E-state index is -1.79. The van der Waals surface area contributed by atoms with E-state index in [9.17, 15) is 9.90 Å². The molecule has 4 heteroatoms. The number of aliphatic hydroxyl groups excluding tert-OH is 2.